The summed E-state index contributed by atoms with van der Waals surface area (Å²) in [7, 11) is 0. The van der Waals surface area contributed by atoms with E-state index in [2.05, 4.69) is 40.1 Å². The molecule has 35 heavy (non-hydrogen) atoms. The van der Waals surface area contributed by atoms with Crippen LogP contribution in [-0.4, -0.2) is 18.2 Å². The summed E-state index contributed by atoms with van der Waals surface area (Å²) in [5, 5.41) is 7.97. The number of nitrogens with zero attached hydrogens (tertiary/aromatic N) is 1. The summed E-state index contributed by atoms with van der Waals surface area (Å²) in [5.41, 5.74) is 8.61. The molecule has 0 radical (unpaired) electrons. The SMILES string of the molecule is C/C(=N/NC(=O)COc1ccccc1C)c1ccc2c(c1)[C@@H]1C=CC[C@@H]1[C@H](c1ccc(F)cc1)N2. The molecule has 1 amide bonds. The molecule has 5 rings (SSSR count). The third-order valence-corrected chi connectivity index (χ3v) is 6.81. The van der Waals surface area contributed by atoms with E-state index in [9.17, 15) is 9.18 Å². The van der Waals surface area contributed by atoms with Gasteiger partial charge in [0.15, 0.2) is 6.61 Å². The number of nitrogens with one attached hydrogen (secondary N) is 2. The molecule has 178 valence electrons. The van der Waals surface area contributed by atoms with Gasteiger partial charge in [-0.05, 0) is 78.8 Å². The number of aryl methyl sites for hydroxylation is 1. The van der Waals surface area contributed by atoms with E-state index in [4.69, 9.17) is 4.74 Å². The second-order valence-corrected chi connectivity index (χ2v) is 9.12. The first-order valence-electron chi connectivity index (χ1n) is 11.8. The zero-order chi connectivity index (χ0) is 24.4. The van der Waals surface area contributed by atoms with Gasteiger partial charge in [0.1, 0.15) is 11.6 Å². The molecule has 0 saturated carbocycles. The van der Waals surface area contributed by atoms with Gasteiger partial charge >= 0.3 is 0 Å². The molecule has 2 N–H and O–H groups in total. The standard InChI is InChI=1S/C29H28FN3O2/c1-18-6-3-4-9-27(18)35-17-28(34)33-32-19(2)21-12-15-26-25(16-21)23-7-5-8-24(23)29(31-26)20-10-13-22(30)14-11-20/h3-7,9-16,23-24,29,31H,8,17H2,1-2H3,(H,33,34)/b32-19-/t23-,24+,29+/m1/s1. The monoisotopic (exact) mass is 469 g/mol. The molecule has 0 unspecified atom stereocenters. The van der Waals surface area contributed by atoms with Crippen molar-refractivity contribution >= 4 is 17.3 Å². The Hall–Kier alpha value is -3.93. The number of para-hydroxylation sites is 1. The van der Waals surface area contributed by atoms with Crippen LogP contribution < -0.4 is 15.5 Å². The van der Waals surface area contributed by atoms with E-state index in [1.807, 2.05) is 56.3 Å². The predicted molar refractivity (Wildman–Crippen MR) is 136 cm³/mol. The van der Waals surface area contributed by atoms with Gasteiger partial charge < -0.3 is 10.1 Å². The fraction of sp³-hybridized carbons (Fsp3) is 0.241. The molecule has 1 heterocycles. The topological polar surface area (TPSA) is 62.7 Å². The molecule has 0 spiro atoms. The van der Waals surface area contributed by atoms with Gasteiger partial charge in [0.25, 0.3) is 5.91 Å². The summed E-state index contributed by atoms with van der Waals surface area (Å²) in [6.45, 7) is 3.71. The molecule has 0 saturated heterocycles. The number of carbonyl (C=O) groups is 1. The minimum Gasteiger partial charge on any atom is -0.483 e. The van der Waals surface area contributed by atoms with Crippen molar-refractivity contribution in [3.8, 4) is 5.75 Å². The Morgan fingerprint density at radius 2 is 1.94 bits per heavy atom. The van der Waals surface area contributed by atoms with Crippen molar-refractivity contribution in [2.75, 3.05) is 11.9 Å². The largest absolute Gasteiger partial charge is 0.483 e. The predicted octanol–water partition coefficient (Wildman–Crippen LogP) is 5.88. The van der Waals surface area contributed by atoms with Crippen LogP contribution in [0.2, 0.25) is 0 Å². The van der Waals surface area contributed by atoms with Crippen molar-refractivity contribution in [1.82, 2.24) is 5.43 Å². The Bertz CT molecular complexity index is 1300. The smallest absolute Gasteiger partial charge is 0.277 e. The van der Waals surface area contributed by atoms with E-state index in [1.165, 1.54) is 17.7 Å². The number of benzene rings is 3. The fourth-order valence-corrected chi connectivity index (χ4v) is 4.92. The van der Waals surface area contributed by atoms with Crippen LogP contribution in [0.4, 0.5) is 10.1 Å². The summed E-state index contributed by atoms with van der Waals surface area (Å²) < 4.78 is 19.0. The van der Waals surface area contributed by atoms with Crippen LogP contribution in [0.5, 0.6) is 5.75 Å². The second-order valence-electron chi connectivity index (χ2n) is 9.12. The van der Waals surface area contributed by atoms with Crippen LogP contribution in [0.25, 0.3) is 0 Å². The molecule has 0 aromatic heterocycles. The second kappa shape index (κ2) is 9.74. The normalized spacial score (nSPS) is 20.5. The summed E-state index contributed by atoms with van der Waals surface area (Å²) in [6, 6.07) is 20.7. The molecule has 2 aliphatic rings. The number of carbonyl (C=O) groups excluding carboxylic acids is 1. The Labute approximate surface area is 204 Å². The molecular weight excluding hydrogens is 441 g/mol. The molecular formula is C29H28FN3O2. The van der Waals surface area contributed by atoms with Crippen LogP contribution in [0.3, 0.4) is 0 Å². The highest BCUT2D eigenvalue weighted by molar-refractivity contribution is 6.00. The highest BCUT2D eigenvalue weighted by Crippen LogP contribution is 2.49. The van der Waals surface area contributed by atoms with Gasteiger partial charge in [-0.2, -0.15) is 5.10 Å². The maximum Gasteiger partial charge on any atom is 0.277 e. The van der Waals surface area contributed by atoms with Gasteiger partial charge in [-0.25, -0.2) is 9.82 Å². The number of fused-ring (bicyclic) bond motifs is 3. The molecule has 1 aliphatic heterocycles. The van der Waals surface area contributed by atoms with Gasteiger partial charge in [0, 0.05) is 11.6 Å². The number of amides is 1. The molecule has 1 aliphatic carbocycles. The molecule has 3 atom stereocenters. The lowest BCUT2D eigenvalue weighted by Gasteiger charge is -2.37. The Morgan fingerprint density at radius 3 is 2.74 bits per heavy atom. The van der Waals surface area contributed by atoms with Crippen molar-refractivity contribution in [2.45, 2.75) is 32.2 Å². The number of allylic oxidation sites excluding steroid dienone is 2. The van der Waals surface area contributed by atoms with Crippen molar-refractivity contribution in [3.63, 3.8) is 0 Å². The highest BCUT2D eigenvalue weighted by Gasteiger charge is 2.38. The van der Waals surface area contributed by atoms with E-state index in [0.29, 0.717) is 11.7 Å². The molecule has 6 heteroatoms. The number of ether oxygens (including phenoxy) is 1. The molecule has 3 aromatic carbocycles. The van der Waals surface area contributed by atoms with Gasteiger partial charge in [0.05, 0.1) is 11.8 Å². The molecule has 5 nitrogen and oxygen atoms in total. The zero-order valence-electron chi connectivity index (χ0n) is 19.8. The number of hydrogen-bond acceptors (Lipinski definition) is 4. The maximum absolute atomic E-state index is 13.5. The van der Waals surface area contributed by atoms with Crippen molar-refractivity contribution in [3.05, 3.63) is 107 Å². The van der Waals surface area contributed by atoms with Crippen LogP contribution in [0.1, 0.15) is 47.6 Å². The average Bonchev–Trinajstić information content (AvgIpc) is 3.37. The maximum atomic E-state index is 13.5. The highest BCUT2D eigenvalue weighted by atomic mass is 19.1. The third-order valence-electron chi connectivity index (χ3n) is 6.81. The molecule has 3 aromatic rings. The van der Waals surface area contributed by atoms with Gasteiger partial charge in [-0.15, -0.1) is 0 Å². The number of hydrogen-bond donors (Lipinski definition) is 2. The summed E-state index contributed by atoms with van der Waals surface area (Å²) in [6.07, 6.45) is 5.46. The summed E-state index contributed by atoms with van der Waals surface area (Å²) >= 11 is 0. The van der Waals surface area contributed by atoms with E-state index in [-0.39, 0.29) is 30.3 Å². The first-order valence-corrected chi connectivity index (χ1v) is 11.8. The quantitative estimate of drug-likeness (QED) is 0.269. The molecule has 0 bridgehead atoms. The lowest BCUT2D eigenvalue weighted by Crippen LogP contribution is -2.29. The fourth-order valence-electron chi connectivity index (χ4n) is 4.92. The van der Waals surface area contributed by atoms with Crippen molar-refractivity contribution < 1.29 is 13.9 Å². The minimum absolute atomic E-state index is 0.102. The van der Waals surface area contributed by atoms with Gasteiger partial charge in [-0.3, -0.25) is 4.79 Å². The summed E-state index contributed by atoms with van der Waals surface area (Å²) in [5.74, 6) is 0.779. The lowest BCUT2D eigenvalue weighted by molar-refractivity contribution is -0.123. The summed E-state index contributed by atoms with van der Waals surface area (Å²) in [4.78, 5) is 12.3. The third kappa shape index (κ3) is 4.83. The number of rotatable bonds is 6. The Kier molecular flexibility index (Phi) is 6.36. The Balaban J connectivity index is 1.29. The number of anilines is 1. The average molecular weight is 470 g/mol. The molecule has 0 fully saturated rings. The Morgan fingerprint density at radius 1 is 1.14 bits per heavy atom. The van der Waals surface area contributed by atoms with Gasteiger partial charge in [-0.1, -0.05) is 48.6 Å². The minimum atomic E-state index is -0.312. The number of hydrazone groups is 1. The van der Waals surface area contributed by atoms with Crippen LogP contribution in [-0.2, 0) is 4.79 Å². The van der Waals surface area contributed by atoms with E-state index >= 15 is 0 Å². The van der Waals surface area contributed by atoms with Crippen LogP contribution >= 0.6 is 0 Å². The van der Waals surface area contributed by atoms with Crippen molar-refractivity contribution in [1.29, 1.82) is 0 Å². The van der Waals surface area contributed by atoms with Crippen LogP contribution in [0, 0.1) is 18.7 Å². The first kappa shape index (κ1) is 22.8. The van der Waals surface area contributed by atoms with Crippen molar-refractivity contribution in [2.24, 2.45) is 11.0 Å². The van der Waals surface area contributed by atoms with E-state index < -0.39 is 0 Å². The van der Waals surface area contributed by atoms with E-state index in [0.717, 1.165) is 34.5 Å². The van der Waals surface area contributed by atoms with E-state index in [1.54, 1.807) is 0 Å². The van der Waals surface area contributed by atoms with Gasteiger partial charge in [0.2, 0.25) is 0 Å². The lowest BCUT2D eigenvalue weighted by atomic mass is 9.76. The number of halogens is 1. The first-order chi connectivity index (χ1) is 17.0. The van der Waals surface area contributed by atoms with Crippen LogP contribution in [0.15, 0.2) is 84.0 Å². The zero-order valence-corrected chi connectivity index (χ0v) is 19.8.